The van der Waals surface area contributed by atoms with Crippen molar-refractivity contribution in [3.63, 3.8) is 0 Å². The van der Waals surface area contributed by atoms with Gasteiger partial charge in [-0.3, -0.25) is 19.4 Å². The summed E-state index contributed by atoms with van der Waals surface area (Å²) in [5.41, 5.74) is 0.116. The van der Waals surface area contributed by atoms with Crippen LogP contribution in [0.4, 0.5) is 11.5 Å². The van der Waals surface area contributed by atoms with Gasteiger partial charge in [-0.1, -0.05) is 32.4 Å². The van der Waals surface area contributed by atoms with E-state index in [-0.39, 0.29) is 30.2 Å². The lowest BCUT2D eigenvalue weighted by Gasteiger charge is -2.32. The molecule has 8 nitrogen and oxygen atoms in total. The topological polar surface area (TPSA) is 104 Å². The third-order valence-corrected chi connectivity index (χ3v) is 5.26. The van der Waals surface area contributed by atoms with Crippen molar-refractivity contribution in [3.8, 4) is 0 Å². The molecular formula is C22H26ClN5O3. The van der Waals surface area contributed by atoms with E-state index in [0.717, 1.165) is 0 Å². The van der Waals surface area contributed by atoms with Crippen LogP contribution in [0.15, 0.2) is 36.8 Å². The number of rotatable bonds is 4. The van der Waals surface area contributed by atoms with E-state index in [1.807, 2.05) is 0 Å². The fourth-order valence-corrected chi connectivity index (χ4v) is 3.32. The summed E-state index contributed by atoms with van der Waals surface area (Å²) < 4.78 is 0. The van der Waals surface area contributed by atoms with Gasteiger partial charge in [-0.15, -0.1) is 0 Å². The number of pyridine rings is 2. The summed E-state index contributed by atoms with van der Waals surface area (Å²) >= 11 is 5.83. The van der Waals surface area contributed by atoms with E-state index in [0.29, 0.717) is 41.5 Å². The molecule has 3 amide bonds. The molecule has 2 aromatic heterocycles. The number of carbonyl (C=O) groups is 3. The molecule has 1 aliphatic heterocycles. The maximum atomic E-state index is 13.2. The zero-order valence-corrected chi connectivity index (χ0v) is 18.6. The average molecular weight is 444 g/mol. The highest BCUT2D eigenvalue weighted by Gasteiger charge is 2.31. The van der Waals surface area contributed by atoms with Crippen molar-refractivity contribution in [1.82, 2.24) is 14.9 Å². The van der Waals surface area contributed by atoms with Gasteiger partial charge in [0.1, 0.15) is 5.82 Å². The highest BCUT2D eigenvalue weighted by Crippen LogP contribution is 2.24. The maximum absolute atomic E-state index is 13.2. The van der Waals surface area contributed by atoms with Crippen LogP contribution in [0.25, 0.3) is 0 Å². The number of carbonyl (C=O) groups excluding carboxylic acids is 3. The first kappa shape index (κ1) is 22.7. The number of amides is 3. The van der Waals surface area contributed by atoms with Crippen molar-refractivity contribution in [1.29, 1.82) is 0 Å². The number of piperidine rings is 1. The molecule has 0 spiro atoms. The van der Waals surface area contributed by atoms with E-state index < -0.39 is 5.41 Å². The van der Waals surface area contributed by atoms with Gasteiger partial charge in [0.2, 0.25) is 11.8 Å². The molecule has 1 saturated heterocycles. The van der Waals surface area contributed by atoms with Crippen LogP contribution in [0.1, 0.15) is 44.0 Å². The standard InChI is InChI=1S/C22H26ClN5O3/c1-22(2,3)21(31)26-17-8-9-24-12-16(17)20(30)28-10-4-5-14(13-28)19(29)27-18-7-6-15(23)11-25-18/h6-9,11-12,14H,4-5,10,13H2,1-3H3,(H,24,26,31)(H,25,27,29). The minimum atomic E-state index is -0.604. The normalized spacial score (nSPS) is 16.5. The predicted octanol–water partition coefficient (Wildman–Crippen LogP) is 3.61. The van der Waals surface area contributed by atoms with Crippen LogP contribution in [0.3, 0.4) is 0 Å². The number of hydrogen-bond acceptors (Lipinski definition) is 5. The lowest BCUT2D eigenvalue weighted by atomic mass is 9.95. The van der Waals surface area contributed by atoms with E-state index in [4.69, 9.17) is 11.6 Å². The molecule has 164 valence electrons. The van der Waals surface area contributed by atoms with Crippen molar-refractivity contribution in [2.24, 2.45) is 11.3 Å². The number of hydrogen-bond donors (Lipinski definition) is 2. The Morgan fingerprint density at radius 2 is 1.90 bits per heavy atom. The monoisotopic (exact) mass is 443 g/mol. The van der Waals surface area contributed by atoms with Crippen molar-refractivity contribution >= 4 is 40.8 Å². The van der Waals surface area contributed by atoms with Gasteiger partial charge in [0.05, 0.1) is 22.2 Å². The number of nitrogens with one attached hydrogen (secondary N) is 2. The lowest BCUT2D eigenvalue weighted by Crippen LogP contribution is -2.44. The molecule has 31 heavy (non-hydrogen) atoms. The van der Waals surface area contributed by atoms with Crippen LogP contribution < -0.4 is 10.6 Å². The van der Waals surface area contributed by atoms with Crippen LogP contribution in [0.2, 0.25) is 5.02 Å². The Morgan fingerprint density at radius 1 is 1.13 bits per heavy atom. The molecule has 2 N–H and O–H groups in total. The Balaban J connectivity index is 1.70. The fraction of sp³-hybridized carbons (Fsp3) is 0.409. The number of likely N-dealkylation sites (tertiary alicyclic amines) is 1. The van der Waals surface area contributed by atoms with E-state index in [2.05, 4.69) is 20.6 Å². The fourth-order valence-electron chi connectivity index (χ4n) is 3.21. The number of aromatic nitrogens is 2. The van der Waals surface area contributed by atoms with Gasteiger partial charge in [0.15, 0.2) is 0 Å². The third kappa shape index (κ3) is 5.79. The summed E-state index contributed by atoms with van der Waals surface area (Å²) in [5, 5.41) is 6.08. The van der Waals surface area contributed by atoms with Gasteiger partial charge in [-0.05, 0) is 31.0 Å². The molecule has 1 unspecified atom stereocenters. The van der Waals surface area contributed by atoms with E-state index >= 15 is 0 Å². The number of halogens is 1. The molecule has 0 aliphatic carbocycles. The van der Waals surface area contributed by atoms with E-state index in [1.54, 1.807) is 43.9 Å². The van der Waals surface area contributed by atoms with Gasteiger partial charge in [0, 0.05) is 37.1 Å². The predicted molar refractivity (Wildman–Crippen MR) is 119 cm³/mol. The minimum Gasteiger partial charge on any atom is -0.338 e. The van der Waals surface area contributed by atoms with Crippen molar-refractivity contribution in [3.05, 3.63) is 47.4 Å². The first-order valence-electron chi connectivity index (χ1n) is 10.1. The molecule has 1 atom stereocenters. The van der Waals surface area contributed by atoms with Crippen molar-refractivity contribution < 1.29 is 14.4 Å². The lowest BCUT2D eigenvalue weighted by molar-refractivity contribution is -0.123. The molecule has 3 rings (SSSR count). The molecule has 0 bridgehead atoms. The molecular weight excluding hydrogens is 418 g/mol. The Labute approximate surface area is 186 Å². The average Bonchev–Trinajstić information content (AvgIpc) is 2.74. The van der Waals surface area contributed by atoms with Crippen LogP contribution in [0.5, 0.6) is 0 Å². The maximum Gasteiger partial charge on any atom is 0.257 e. The van der Waals surface area contributed by atoms with Crippen LogP contribution in [0, 0.1) is 11.3 Å². The summed E-state index contributed by atoms with van der Waals surface area (Å²) in [4.78, 5) is 48.0. The van der Waals surface area contributed by atoms with Crippen LogP contribution >= 0.6 is 11.6 Å². The molecule has 0 radical (unpaired) electrons. The Morgan fingerprint density at radius 3 is 2.58 bits per heavy atom. The molecule has 3 heterocycles. The first-order valence-corrected chi connectivity index (χ1v) is 10.5. The largest absolute Gasteiger partial charge is 0.338 e. The second-order valence-corrected chi connectivity index (χ2v) is 9.00. The Hall–Kier alpha value is -3.00. The SMILES string of the molecule is CC(C)(C)C(=O)Nc1ccncc1C(=O)N1CCCC(C(=O)Nc2ccc(Cl)cn2)C1. The zero-order chi connectivity index (χ0) is 22.6. The van der Waals surface area contributed by atoms with Crippen molar-refractivity contribution in [2.45, 2.75) is 33.6 Å². The third-order valence-electron chi connectivity index (χ3n) is 5.04. The molecule has 9 heteroatoms. The van der Waals surface area contributed by atoms with Gasteiger partial charge >= 0.3 is 0 Å². The highest BCUT2D eigenvalue weighted by molar-refractivity contribution is 6.30. The summed E-state index contributed by atoms with van der Waals surface area (Å²) in [6.45, 7) is 6.21. The summed E-state index contributed by atoms with van der Waals surface area (Å²) in [7, 11) is 0. The van der Waals surface area contributed by atoms with Gasteiger partial charge in [-0.2, -0.15) is 0 Å². The zero-order valence-electron chi connectivity index (χ0n) is 17.8. The highest BCUT2D eigenvalue weighted by atomic mass is 35.5. The first-order chi connectivity index (χ1) is 14.6. The Bertz CT molecular complexity index is 972. The minimum absolute atomic E-state index is 0.195. The summed E-state index contributed by atoms with van der Waals surface area (Å²) in [5.74, 6) is -0.602. The van der Waals surface area contributed by atoms with Gasteiger partial charge in [-0.25, -0.2) is 4.98 Å². The smallest absolute Gasteiger partial charge is 0.257 e. The quantitative estimate of drug-likeness (QED) is 0.751. The van der Waals surface area contributed by atoms with Gasteiger partial charge < -0.3 is 15.5 Å². The summed E-state index contributed by atoms with van der Waals surface area (Å²) in [6, 6.07) is 4.89. The Kier molecular flexibility index (Phi) is 6.90. The van der Waals surface area contributed by atoms with Crippen LogP contribution in [-0.2, 0) is 9.59 Å². The molecule has 0 saturated carbocycles. The second-order valence-electron chi connectivity index (χ2n) is 8.57. The second kappa shape index (κ2) is 9.43. The van der Waals surface area contributed by atoms with E-state index in [1.165, 1.54) is 18.6 Å². The molecule has 0 aromatic carbocycles. The number of anilines is 2. The van der Waals surface area contributed by atoms with E-state index in [9.17, 15) is 14.4 Å². The molecule has 2 aromatic rings. The molecule has 1 aliphatic rings. The van der Waals surface area contributed by atoms with Crippen molar-refractivity contribution in [2.75, 3.05) is 23.7 Å². The number of nitrogens with zero attached hydrogens (tertiary/aromatic N) is 3. The molecule has 1 fully saturated rings. The van der Waals surface area contributed by atoms with Crippen LogP contribution in [-0.4, -0.2) is 45.7 Å². The van der Waals surface area contributed by atoms with Gasteiger partial charge in [0.25, 0.3) is 5.91 Å². The summed E-state index contributed by atoms with van der Waals surface area (Å²) in [6.07, 6.45) is 5.80.